The van der Waals surface area contributed by atoms with Crippen LogP contribution in [0.15, 0.2) is 69.6 Å². The maximum atomic E-state index is 10.8. The lowest BCUT2D eigenvalue weighted by Crippen LogP contribution is -1.98. The van der Waals surface area contributed by atoms with Gasteiger partial charge in [0.2, 0.25) is 0 Å². The van der Waals surface area contributed by atoms with E-state index in [-0.39, 0.29) is 12.3 Å². The molecule has 0 saturated carbocycles. The highest BCUT2D eigenvalue weighted by molar-refractivity contribution is 9.11. The Bertz CT molecular complexity index is 1220. The van der Waals surface area contributed by atoms with E-state index in [4.69, 9.17) is 10.00 Å². The summed E-state index contributed by atoms with van der Waals surface area (Å²) in [7, 11) is 0. The smallest absolute Gasteiger partial charge is 0.269 e. The number of ether oxygens (including phenoxy) is 1. The van der Waals surface area contributed by atoms with Crippen LogP contribution in [0, 0.1) is 32.8 Å². The van der Waals surface area contributed by atoms with Gasteiger partial charge >= 0.3 is 0 Å². The van der Waals surface area contributed by atoms with Crippen LogP contribution in [-0.4, -0.2) is 4.92 Å². The van der Waals surface area contributed by atoms with E-state index in [2.05, 4.69) is 44.0 Å². The van der Waals surface area contributed by atoms with Crippen LogP contribution in [0.25, 0.3) is 11.6 Å². The minimum Gasteiger partial charge on any atom is -0.487 e. The fourth-order valence-corrected chi connectivity index (χ4v) is 4.19. The van der Waals surface area contributed by atoms with Gasteiger partial charge < -0.3 is 4.74 Å². The molecule has 0 aliphatic carbocycles. The van der Waals surface area contributed by atoms with Gasteiger partial charge in [-0.3, -0.25) is 10.1 Å². The van der Waals surface area contributed by atoms with E-state index >= 15 is 0 Å². The summed E-state index contributed by atoms with van der Waals surface area (Å²) in [5, 5.41) is 29.2. The van der Waals surface area contributed by atoms with Crippen molar-refractivity contribution in [2.24, 2.45) is 0 Å². The Morgan fingerprint density at radius 2 is 1.65 bits per heavy atom. The molecule has 8 heteroatoms. The SMILES string of the molecule is N#C/C(=C/c1cc(Br)c(OCc2ccc([N+](=O)[O-])cc2)c(Br)c1)c1ccc(C#N)cc1. The van der Waals surface area contributed by atoms with Crippen molar-refractivity contribution in [3.63, 3.8) is 0 Å². The van der Waals surface area contributed by atoms with E-state index in [1.807, 2.05) is 12.1 Å². The lowest BCUT2D eigenvalue weighted by Gasteiger charge is -2.12. The summed E-state index contributed by atoms with van der Waals surface area (Å²) in [6.07, 6.45) is 1.75. The third-order valence-corrected chi connectivity index (χ3v) is 5.49. The van der Waals surface area contributed by atoms with Gasteiger partial charge in [0, 0.05) is 12.1 Å². The fourth-order valence-electron chi connectivity index (χ4n) is 2.74. The molecule has 0 saturated heterocycles. The molecule has 0 aliphatic rings. The van der Waals surface area contributed by atoms with Crippen LogP contribution in [0.5, 0.6) is 5.75 Å². The van der Waals surface area contributed by atoms with E-state index < -0.39 is 4.92 Å². The van der Waals surface area contributed by atoms with Gasteiger partial charge in [-0.1, -0.05) is 12.1 Å². The Kier molecular flexibility index (Phi) is 7.19. The summed E-state index contributed by atoms with van der Waals surface area (Å²) in [6, 6.07) is 20.9. The molecule has 152 valence electrons. The minimum absolute atomic E-state index is 0.0258. The zero-order chi connectivity index (χ0) is 22.4. The van der Waals surface area contributed by atoms with Crippen molar-refractivity contribution in [1.82, 2.24) is 0 Å². The van der Waals surface area contributed by atoms with Crippen molar-refractivity contribution in [3.8, 4) is 17.9 Å². The number of rotatable bonds is 6. The molecule has 0 spiro atoms. The van der Waals surface area contributed by atoms with E-state index in [9.17, 15) is 15.4 Å². The molecule has 3 rings (SSSR count). The van der Waals surface area contributed by atoms with Gasteiger partial charge in [0.1, 0.15) is 12.4 Å². The summed E-state index contributed by atoms with van der Waals surface area (Å²) >= 11 is 6.99. The van der Waals surface area contributed by atoms with Crippen LogP contribution in [-0.2, 0) is 6.61 Å². The first kappa shape index (κ1) is 22.2. The Balaban J connectivity index is 1.80. The molecule has 0 aromatic heterocycles. The monoisotopic (exact) mass is 537 g/mol. The highest BCUT2D eigenvalue weighted by Gasteiger charge is 2.11. The third-order valence-electron chi connectivity index (χ3n) is 4.31. The predicted octanol–water partition coefficient (Wildman–Crippen LogP) is 6.63. The molecule has 31 heavy (non-hydrogen) atoms. The third kappa shape index (κ3) is 5.58. The van der Waals surface area contributed by atoms with Gasteiger partial charge in [-0.15, -0.1) is 0 Å². The number of nitrogens with zero attached hydrogens (tertiary/aromatic N) is 3. The topological polar surface area (TPSA) is 99.9 Å². The van der Waals surface area contributed by atoms with Crippen molar-refractivity contribution in [2.45, 2.75) is 6.61 Å². The Hall–Kier alpha value is -3.46. The lowest BCUT2D eigenvalue weighted by molar-refractivity contribution is -0.384. The quantitative estimate of drug-likeness (QED) is 0.152. The molecule has 0 N–H and O–H groups in total. The molecule has 0 aliphatic heterocycles. The second kappa shape index (κ2) is 10.0. The number of nitriles is 2. The first-order valence-corrected chi connectivity index (χ1v) is 10.5. The summed E-state index contributed by atoms with van der Waals surface area (Å²) < 4.78 is 7.24. The van der Waals surface area contributed by atoms with E-state index in [0.29, 0.717) is 31.4 Å². The van der Waals surface area contributed by atoms with Crippen LogP contribution < -0.4 is 4.74 Å². The molecule has 3 aromatic rings. The van der Waals surface area contributed by atoms with Gasteiger partial charge in [-0.2, -0.15) is 10.5 Å². The van der Waals surface area contributed by atoms with Crippen molar-refractivity contribution < 1.29 is 9.66 Å². The van der Waals surface area contributed by atoms with Crippen molar-refractivity contribution in [3.05, 3.63) is 102 Å². The van der Waals surface area contributed by atoms with Gasteiger partial charge in [-0.05, 0) is 91.0 Å². The summed E-state index contributed by atoms with van der Waals surface area (Å²) in [5.74, 6) is 0.576. The largest absolute Gasteiger partial charge is 0.487 e. The number of benzene rings is 3. The Morgan fingerprint density at radius 1 is 1.03 bits per heavy atom. The molecule has 0 atom stereocenters. The number of allylic oxidation sites excluding steroid dienone is 1. The second-order valence-electron chi connectivity index (χ2n) is 6.38. The molecule has 0 unspecified atom stereocenters. The first-order chi connectivity index (χ1) is 14.9. The standard InChI is InChI=1S/C23H13Br2N3O3/c24-21-10-17(9-19(13-27)18-5-1-15(12-26)2-6-18)11-22(25)23(21)31-14-16-3-7-20(8-4-16)28(29)30/h1-11H,14H2/b19-9-. The van der Waals surface area contributed by atoms with E-state index in [1.54, 1.807) is 42.5 Å². The highest BCUT2D eigenvalue weighted by atomic mass is 79.9. The van der Waals surface area contributed by atoms with Crippen LogP contribution in [0.2, 0.25) is 0 Å². The van der Waals surface area contributed by atoms with Crippen molar-refractivity contribution in [1.29, 1.82) is 10.5 Å². The average Bonchev–Trinajstić information content (AvgIpc) is 2.77. The summed E-state index contributed by atoms with van der Waals surface area (Å²) in [6.45, 7) is 0.235. The zero-order valence-corrected chi connectivity index (χ0v) is 19.1. The van der Waals surface area contributed by atoms with Gasteiger partial charge in [0.25, 0.3) is 5.69 Å². The highest BCUT2D eigenvalue weighted by Crippen LogP contribution is 2.36. The normalized spacial score (nSPS) is 10.8. The molecular formula is C23H13Br2N3O3. The number of non-ortho nitro benzene ring substituents is 1. The molecule has 0 fully saturated rings. The summed E-state index contributed by atoms with van der Waals surface area (Å²) in [5.41, 5.74) is 3.30. The summed E-state index contributed by atoms with van der Waals surface area (Å²) in [4.78, 5) is 10.3. The van der Waals surface area contributed by atoms with Crippen LogP contribution in [0.1, 0.15) is 22.3 Å². The predicted molar refractivity (Wildman–Crippen MR) is 124 cm³/mol. The van der Waals surface area contributed by atoms with Crippen LogP contribution in [0.4, 0.5) is 5.69 Å². The molecule has 3 aromatic carbocycles. The maximum absolute atomic E-state index is 10.8. The number of hydrogen-bond acceptors (Lipinski definition) is 5. The molecule has 0 bridgehead atoms. The first-order valence-electron chi connectivity index (χ1n) is 8.89. The second-order valence-corrected chi connectivity index (χ2v) is 8.09. The molecule has 6 nitrogen and oxygen atoms in total. The van der Waals surface area contributed by atoms with E-state index in [0.717, 1.165) is 11.1 Å². The maximum Gasteiger partial charge on any atom is 0.269 e. The number of nitro benzene ring substituents is 1. The number of hydrogen-bond donors (Lipinski definition) is 0. The number of halogens is 2. The molecule has 0 heterocycles. The molecule has 0 radical (unpaired) electrons. The van der Waals surface area contributed by atoms with Crippen molar-refractivity contribution >= 4 is 49.2 Å². The van der Waals surface area contributed by atoms with Crippen LogP contribution in [0.3, 0.4) is 0 Å². The minimum atomic E-state index is -0.447. The fraction of sp³-hybridized carbons (Fsp3) is 0.0435. The molecule has 0 amide bonds. The Morgan fingerprint density at radius 3 is 2.16 bits per heavy atom. The Labute approximate surface area is 195 Å². The zero-order valence-electron chi connectivity index (χ0n) is 15.9. The van der Waals surface area contributed by atoms with E-state index in [1.165, 1.54) is 12.1 Å². The molecular weight excluding hydrogens is 526 g/mol. The lowest BCUT2D eigenvalue weighted by atomic mass is 10.0. The average molecular weight is 539 g/mol. The number of nitro groups is 1. The van der Waals surface area contributed by atoms with Crippen molar-refractivity contribution in [2.75, 3.05) is 0 Å². The van der Waals surface area contributed by atoms with Gasteiger partial charge in [0.15, 0.2) is 0 Å². The van der Waals surface area contributed by atoms with Gasteiger partial charge in [-0.25, -0.2) is 0 Å². The van der Waals surface area contributed by atoms with Crippen LogP contribution >= 0.6 is 31.9 Å². The van der Waals surface area contributed by atoms with Gasteiger partial charge in [0.05, 0.1) is 37.1 Å².